The molecule has 0 aliphatic rings. The van der Waals surface area contributed by atoms with Crippen molar-refractivity contribution in [2.24, 2.45) is 5.84 Å². The van der Waals surface area contributed by atoms with Crippen molar-refractivity contribution in [2.75, 3.05) is 0 Å². The van der Waals surface area contributed by atoms with Gasteiger partial charge in [0.15, 0.2) is 0 Å². The molecule has 0 saturated heterocycles. The van der Waals surface area contributed by atoms with E-state index < -0.39 is 0 Å². The summed E-state index contributed by atoms with van der Waals surface area (Å²) in [5.74, 6) is 5.76. The van der Waals surface area contributed by atoms with Gasteiger partial charge in [-0.2, -0.15) is 0 Å². The molecule has 100 valence electrons. The zero-order valence-corrected chi connectivity index (χ0v) is 11.5. The molecule has 0 aliphatic carbocycles. The summed E-state index contributed by atoms with van der Waals surface area (Å²) in [6, 6.07) is 15.7. The van der Waals surface area contributed by atoms with E-state index in [1.54, 1.807) is 6.20 Å². The Morgan fingerprint density at radius 3 is 2.60 bits per heavy atom. The molecule has 4 heteroatoms. The smallest absolute Gasteiger partial charge is 0.0716 e. The van der Waals surface area contributed by atoms with Crippen LogP contribution in [0.5, 0.6) is 0 Å². The lowest BCUT2D eigenvalue weighted by Gasteiger charge is -2.18. The Labute approximate surface area is 122 Å². The summed E-state index contributed by atoms with van der Waals surface area (Å²) in [5.41, 5.74) is 5.04. The second-order valence-corrected chi connectivity index (χ2v) is 5.03. The average Bonchev–Trinajstić information content (AvgIpc) is 2.50. The first-order chi connectivity index (χ1) is 9.79. The van der Waals surface area contributed by atoms with Gasteiger partial charge in [0.2, 0.25) is 0 Å². The van der Waals surface area contributed by atoms with Gasteiger partial charge in [0.25, 0.3) is 0 Å². The zero-order chi connectivity index (χ0) is 13.9. The summed E-state index contributed by atoms with van der Waals surface area (Å²) in [7, 11) is 0. The first kappa shape index (κ1) is 13.1. The fourth-order valence-electron chi connectivity index (χ4n) is 2.41. The lowest BCUT2D eigenvalue weighted by molar-refractivity contribution is 0.641. The maximum Gasteiger partial charge on any atom is 0.0716 e. The highest BCUT2D eigenvalue weighted by atomic mass is 35.5. The molecule has 3 aromatic rings. The Bertz CT molecular complexity index is 720. The summed E-state index contributed by atoms with van der Waals surface area (Å²) in [4.78, 5) is 4.21. The molecular weight excluding hydrogens is 270 g/mol. The number of nitrogens with two attached hydrogens (primary N) is 1. The maximum atomic E-state index is 5.94. The lowest BCUT2D eigenvalue weighted by Crippen LogP contribution is -2.29. The summed E-state index contributed by atoms with van der Waals surface area (Å²) in [5, 5.41) is 2.95. The number of nitrogens with zero attached hydrogens (tertiary/aromatic N) is 1. The van der Waals surface area contributed by atoms with Crippen molar-refractivity contribution in [3.05, 3.63) is 77.1 Å². The van der Waals surface area contributed by atoms with Gasteiger partial charge >= 0.3 is 0 Å². The van der Waals surface area contributed by atoms with E-state index in [2.05, 4.69) is 22.5 Å². The third kappa shape index (κ3) is 2.39. The van der Waals surface area contributed by atoms with Crippen molar-refractivity contribution in [1.29, 1.82) is 0 Å². The molecule has 1 atom stereocenters. The van der Waals surface area contributed by atoms with E-state index in [1.807, 2.05) is 42.6 Å². The second-order valence-electron chi connectivity index (χ2n) is 4.60. The van der Waals surface area contributed by atoms with Crippen molar-refractivity contribution in [3.63, 3.8) is 0 Å². The van der Waals surface area contributed by atoms with Crippen molar-refractivity contribution in [2.45, 2.75) is 6.04 Å². The Morgan fingerprint density at radius 2 is 1.85 bits per heavy atom. The van der Waals surface area contributed by atoms with Gasteiger partial charge in [0.1, 0.15) is 0 Å². The van der Waals surface area contributed by atoms with E-state index in [9.17, 15) is 0 Å². The molecule has 0 fully saturated rings. The summed E-state index contributed by atoms with van der Waals surface area (Å²) < 4.78 is 0. The van der Waals surface area contributed by atoms with E-state index in [0.29, 0.717) is 5.02 Å². The Morgan fingerprint density at radius 1 is 1.05 bits per heavy atom. The highest BCUT2D eigenvalue weighted by molar-refractivity contribution is 6.30. The van der Waals surface area contributed by atoms with Gasteiger partial charge in [-0.25, -0.2) is 5.43 Å². The summed E-state index contributed by atoms with van der Waals surface area (Å²) in [6.45, 7) is 0. The molecule has 0 aliphatic heterocycles. The predicted molar refractivity (Wildman–Crippen MR) is 82.4 cm³/mol. The molecule has 2 aromatic carbocycles. The molecule has 0 radical (unpaired) electrons. The van der Waals surface area contributed by atoms with Crippen LogP contribution in [0.2, 0.25) is 5.02 Å². The Balaban J connectivity index is 2.14. The van der Waals surface area contributed by atoms with Gasteiger partial charge in [0.05, 0.1) is 6.04 Å². The van der Waals surface area contributed by atoms with E-state index >= 15 is 0 Å². The standard InChI is InChI=1S/C16H14ClN3/c17-13-6-4-12(5-7-13)16(20-18)14-3-1-2-11-8-9-19-10-15(11)14/h1-10,16,20H,18H2. The minimum Gasteiger partial charge on any atom is -0.271 e. The zero-order valence-electron chi connectivity index (χ0n) is 10.8. The van der Waals surface area contributed by atoms with Gasteiger partial charge in [-0.15, -0.1) is 0 Å². The van der Waals surface area contributed by atoms with E-state index in [-0.39, 0.29) is 6.04 Å². The number of benzene rings is 2. The SMILES string of the molecule is NNC(c1ccc(Cl)cc1)c1cccc2ccncc12. The first-order valence-corrected chi connectivity index (χ1v) is 6.71. The lowest BCUT2D eigenvalue weighted by atomic mass is 9.95. The van der Waals surface area contributed by atoms with Crippen LogP contribution in [0.15, 0.2) is 60.9 Å². The van der Waals surface area contributed by atoms with Crippen LogP contribution in [-0.4, -0.2) is 4.98 Å². The molecule has 1 heterocycles. The minimum atomic E-state index is -0.0971. The van der Waals surface area contributed by atoms with Crippen LogP contribution >= 0.6 is 11.6 Å². The highest BCUT2D eigenvalue weighted by Gasteiger charge is 2.15. The molecule has 0 spiro atoms. The molecule has 20 heavy (non-hydrogen) atoms. The van der Waals surface area contributed by atoms with Crippen LogP contribution in [0.25, 0.3) is 10.8 Å². The fraction of sp³-hybridized carbons (Fsp3) is 0.0625. The molecule has 3 rings (SSSR count). The van der Waals surface area contributed by atoms with Crippen LogP contribution < -0.4 is 11.3 Å². The third-order valence-corrected chi connectivity index (χ3v) is 3.65. The van der Waals surface area contributed by atoms with E-state index in [1.165, 1.54) is 0 Å². The molecular formula is C16H14ClN3. The van der Waals surface area contributed by atoms with Crippen LogP contribution in [-0.2, 0) is 0 Å². The Kier molecular flexibility index (Phi) is 3.65. The number of aromatic nitrogens is 1. The number of pyridine rings is 1. The first-order valence-electron chi connectivity index (χ1n) is 6.34. The van der Waals surface area contributed by atoms with Crippen molar-refractivity contribution < 1.29 is 0 Å². The number of halogens is 1. The normalized spacial score (nSPS) is 12.5. The second kappa shape index (κ2) is 5.59. The fourth-order valence-corrected chi connectivity index (χ4v) is 2.54. The molecule has 1 unspecified atom stereocenters. The third-order valence-electron chi connectivity index (χ3n) is 3.40. The summed E-state index contributed by atoms with van der Waals surface area (Å²) in [6.07, 6.45) is 3.66. The number of rotatable bonds is 3. The molecule has 1 aromatic heterocycles. The van der Waals surface area contributed by atoms with Crippen LogP contribution in [0.1, 0.15) is 17.2 Å². The molecule has 3 nitrogen and oxygen atoms in total. The number of fused-ring (bicyclic) bond motifs is 1. The van der Waals surface area contributed by atoms with Crippen molar-refractivity contribution >= 4 is 22.4 Å². The summed E-state index contributed by atoms with van der Waals surface area (Å²) >= 11 is 5.94. The number of hydrogen-bond donors (Lipinski definition) is 2. The molecule has 0 saturated carbocycles. The molecule has 0 amide bonds. The van der Waals surface area contributed by atoms with Gasteiger partial charge in [-0.1, -0.05) is 41.9 Å². The maximum absolute atomic E-state index is 5.94. The predicted octanol–water partition coefficient (Wildman–Crippen LogP) is 3.44. The van der Waals surface area contributed by atoms with Crippen LogP contribution in [0, 0.1) is 0 Å². The average molecular weight is 284 g/mol. The van der Waals surface area contributed by atoms with E-state index in [4.69, 9.17) is 17.4 Å². The van der Waals surface area contributed by atoms with Crippen molar-refractivity contribution in [3.8, 4) is 0 Å². The van der Waals surface area contributed by atoms with Gasteiger partial charge in [0, 0.05) is 22.8 Å². The van der Waals surface area contributed by atoms with Gasteiger partial charge in [-0.05, 0) is 34.7 Å². The van der Waals surface area contributed by atoms with Crippen LogP contribution in [0.4, 0.5) is 0 Å². The highest BCUT2D eigenvalue weighted by Crippen LogP contribution is 2.28. The largest absolute Gasteiger partial charge is 0.271 e. The number of hydrazine groups is 1. The molecule has 0 bridgehead atoms. The number of hydrogen-bond acceptors (Lipinski definition) is 3. The topological polar surface area (TPSA) is 50.9 Å². The quantitative estimate of drug-likeness (QED) is 0.572. The minimum absolute atomic E-state index is 0.0971. The Hall–Kier alpha value is -1.94. The monoisotopic (exact) mass is 283 g/mol. The molecule has 3 N–H and O–H groups in total. The van der Waals surface area contributed by atoms with Gasteiger partial charge < -0.3 is 0 Å². The van der Waals surface area contributed by atoms with Crippen molar-refractivity contribution in [1.82, 2.24) is 10.4 Å². The van der Waals surface area contributed by atoms with Crippen LogP contribution in [0.3, 0.4) is 0 Å². The number of nitrogens with one attached hydrogen (secondary N) is 1. The van der Waals surface area contributed by atoms with Gasteiger partial charge in [-0.3, -0.25) is 10.8 Å². The van der Waals surface area contributed by atoms with E-state index in [0.717, 1.165) is 21.9 Å².